The number of carbonyl (C=O) groups excluding carboxylic acids is 1. The minimum absolute atomic E-state index is 0.148. The summed E-state index contributed by atoms with van der Waals surface area (Å²) in [6, 6.07) is 10.7. The average molecular weight is 215 g/mol. The fraction of sp³-hybridized carbons (Fsp3) is 0.357. The molecule has 1 N–H and O–H groups in total. The van der Waals surface area contributed by atoms with Gasteiger partial charge in [-0.1, -0.05) is 36.4 Å². The van der Waals surface area contributed by atoms with Gasteiger partial charge in [0, 0.05) is 24.9 Å². The van der Waals surface area contributed by atoms with E-state index in [0.717, 1.165) is 6.42 Å². The summed E-state index contributed by atoms with van der Waals surface area (Å²) in [6.45, 7) is 3.75. The second kappa shape index (κ2) is 5.08. The Labute approximate surface area is 96.4 Å². The van der Waals surface area contributed by atoms with Crippen LogP contribution in [-0.2, 0) is 11.2 Å². The minimum Gasteiger partial charge on any atom is -0.307 e. The van der Waals surface area contributed by atoms with Crippen LogP contribution in [-0.4, -0.2) is 17.9 Å². The third-order valence-corrected chi connectivity index (χ3v) is 2.98. The maximum atomic E-state index is 11.5. The molecule has 2 nitrogen and oxygen atoms in total. The molecule has 1 heterocycles. The lowest BCUT2D eigenvalue weighted by molar-refractivity contribution is -0.121. The first kappa shape index (κ1) is 11.1. The lowest BCUT2D eigenvalue weighted by Gasteiger charge is -2.28. The van der Waals surface area contributed by atoms with Crippen LogP contribution in [0, 0.1) is 0 Å². The predicted octanol–water partition coefficient (Wildman–Crippen LogP) is 2.10. The van der Waals surface area contributed by atoms with Crippen molar-refractivity contribution in [2.45, 2.75) is 31.3 Å². The zero-order valence-electron chi connectivity index (χ0n) is 9.36. The molecule has 84 valence electrons. The normalized spacial score (nSPS) is 25.4. The van der Waals surface area contributed by atoms with Crippen LogP contribution in [0.4, 0.5) is 0 Å². The van der Waals surface area contributed by atoms with Crippen LogP contribution in [0.15, 0.2) is 43.0 Å². The topological polar surface area (TPSA) is 29.1 Å². The lowest BCUT2D eigenvalue weighted by Crippen LogP contribution is -2.45. The third-order valence-electron chi connectivity index (χ3n) is 2.98. The molecule has 0 saturated carbocycles. The van der Waals surface area contributed by atoms with Crippen LogP contribution in [0.1, 0.15) is 18.4 Å². The SMILES string of the molecule is C=CC1CC(=O)CC(Cc2ccccc2)N1. The molecule has 1 aromatic rings. The number of nitrogens with one attached hydrogen (secondary N) is 1. The molecular weight excluding hydrogens is 198 g/mol. The van der Waals surface area contributed by atoms with Crippen molar-refractivity contribution in [2.75, 3.05) is 0 Å². The van der Waals surface area contributed by atoms with E-state index in [0.29, 0.717) is 18.6 Å². The molecule has 2 unspecified atom stereocenters. The molecule has 0 radical (unpaired) electrons. The molecule has 0 aromatic heterocycles. The molecular formula is C14H17NO. The lowest BCUT2D eigenvalue weighted by atomic mass is 9.93. The number of piperidine rings is 1. The number of hydrogen-bond donors (Lipinski definition) is 1. The highest BCUT2D eigenvalue weighted by atomic mass is 16.1. The monoisotopic (exact) mass is 215 g/mol. The number of ketones is 1. The Morgan fingerprint density at radius 1 is 1.31 bits per heavy atom. The Kier molecular flexibility index (Phi) is 3.52. The highest BCUT2D eigenvalue weighted by Crippen LogP contribution is 2.14. The van der Waals surface area contributed by atoms with Crippen molar-refractivity contribution < 1.29 is 4.79 Å². The van der Waals surface area contributed by atoms with Crippen LogP contribution < -0.4 is 5.32 Å². The molecule has 2 heteroatoms. The van der Waals surface area contributed by atoms with Crippen molar-refractivity contribution >= 4 is 5.78 Å². The van der Waals surface area contributed by atoms with Gasteiger partial charge in [-0.05, 0) is 12.0 Å². The molecule has 0 bridgehead atoms. The van der Waals surface area contributed by atoms with E-state index in [-0.39, 0.29) is 12.1 Å². The Bertz CT molecular complexity index is 372. The summed E-state index contributed by atoms with van der Waals surface area (Å²) in [7, 11) is 0. The van der Waals surface area contributed by atoms with Gasteiger partial charge in [0.2, 0.25) is 0 Å². The average Bonchev–Trinajstić information content (AvgIpc) is 2.29. The summed E-state index contributed by atoms with van der Waals surface area (Å²) in [5.41, 5.74) is 1.28. The zero-order chi connectivity index (χ0) is 11.4. The molecule has 1 aromatic carbocycles. The van der Waals surface area contributed by atoms with Crippen molar-refractivity contribution in [3.05, 3.63) is 48.6 Å². The fourth-order valence-electron chi connectivity index (χ4n) is 2.21. The van der Waals surface area contributed by atoms with E-state index in [4.69, 9.17) is 0 Å². The van der Waals surface area contributed by atoms with Gasteiger partial charge in [-0.15, -0.1) is 6.58 Å². The molecule has 1 aliphatic heterocycles. The predicted molar refractivity (Wildman–Crippen MR) is 65.3 cm³/mol. The quantitative estimate of drug-likeness (QED) is 0.782. The van der Waals surface area contributed by atoms with E-state index in [9.17, 15) is 4.79 Å². The van der Waals surface area contributed by atoms with Gasteiger partial charge in [-0.3, -0.25) is 4.79 Å². The second-order valence-electron chi connectivity index (χ2n) is 4.34. The van der Waals surface area contributed by atoms with Crippen molar-refractivity contribution in [3.63, 3.8) is 0 Å². The second-order valence-corrected chi connectivity index (χ2v) is 4.34. The standard InChI is InChI=1S/C14H17NO/c1-2-12-9-14(16)10-13(15-12)8-11-6-4-3-5-7-11/h2-7,12-13,15H,1,8-10H2. The number of rotatable bonds is 3. The third kappa shape index (κ3) is 2.80. The summed E-state index contributed by atoms with van der Waals surface area (Å²) in [4.78, 5) is 11.5. The summed E-state index contributed by atoms with van der Waals surface area (Å²) < 4.78 is 0. The van der Waals surface area contributed by atoms with E-state index in [1.807, 2.05) is 24.3 Å². The smallest absolute Gasteiger partial charge is 0.136 e. The van der Waals surface area contributed by atoms with E-state index < -0.39 is 0 Å². The van der Waals surface area contributed by atoms with Gasteiger partial charge in [0.1, 0.15) is 5.78 Å². The Morgan fingerprint density at radius 3 is 2.75 bits per heavy atom. The molecule has 1 saturated heterocycles. The summed E-state index contributed by atoms with van der Waals surface area (Å²) in [6.07, 6.45) is 3.97. The fourth-order valence-corrected chi connectivity index (χ4v) is 2.21. The van der Waals surface area contributed by atoms with E-state index in [1.54, 1.807) is 0 Å². The summed E-state index contributed by atoms with van der Waals surface area (Å²) in [5.74, 6) is 0.338. The van der Waals surface area contributed by atoms with Gasteiger partial charge < -0.3 is 5.32 Å². The number of benzene rings is 1. The number of hydrogen-bond acceptors (Lipinski definition) is 2. The highest BCUT2D eigenvalue weighted by Gasteiger charge is 2.24. The summed E-state index contributed by atoms with van der Waals surface area (Å²) in [5, 5.41) is 3.44. The zero-order valence-corrected chi connectivity index (χ0v) is 9.36. The maximum absolute atomic E-state index is 11.5. The van der Waals surface area contributed by atoms with Crippen LogP contribution >= 0.6 is 0 Å². The van der Waals surface area contributed by atoms with E-state index >= 15 is 0 Å². The first-order chi connectivity index (χ1) is 7.78. The molecule has 16 heavy (non-hydrogen) atoms. The van der Waals surface area contributed by atoms with Crippen LogP contribution in [0.25, 0.3) is 0 Å². The molecule has 2 rings (SSSR count). The first-order valence-corrected chi connectivity index (χ1v) is 5.72. The summed E-state index contributed by atoms with van der Waals surface area (Å²) >= 11 is 0. The van der Waals surface area contributed by atoms with Gasteiger partial charge in [0.15, 0.2) is 0 Å². The van der Waals surface area contributed by atoms with Gasteiger partial charge in [0.25, 0.3) is 0 Å². The van der Waals surface area contributed by atoms with Crippen LogP contribution in [0.2, 0.25) is 0 Å². The van der Waals surface area contributed by atoms with Gasteiger partial charge in [-0.2, -0.15) is 0 Å². The molecule has 0 amide bonds. The van der Waals surface area contributed by atoms with Crippen molar-refractivity contribution in [2.24, 2.45) is 0 Å². The van der Waals surface area contributed by atoms with E-state index in [2.05, 4.69) is 24.0 Å². The highest BCUT2D eigenvalue weighted by molar-refractivity contribution is 5.80. The number of carbonyl (C=O) groups is 1. The van der Waals surface area contributed by atoms with Crippen LogP contribution in [0.5, 0.6) is 0 Å². The molecule has 0 aliphatic carbocycles. The van der Waals surface area contributed by atoms with Crippen LogP contribution in [0.3, 0.4) is 0 Å². The van der Waals surface area contributed by atoms with Crippen molar-refractivity contribution in [1.82, 2.24) is 5.32 Å². The number of Topliss-reactive ketones (excluding diaryl/α,β-unsaturated/α-hetero) is 1. The molecule has 1 aliphatic rings. The Balaban J connectivity index is 1.99. The molecule has 0 spiro atoms. The molecule has 2 atom stereocenters. The van der Waals surface area contributed by atoms with Gasteiger partial charge in [0.05, 0.1) is 0 Å². The van der Waals surface area contributed by atoms with Gasteiger partial charge >= 0.3 is 0 Å². The van der Waals surface area contributed by atoms with Crippen molar-refractivity contribution in [3.8, 4) is 0 Å². The largest absolute Gasteiger partial charge is 0.307 e. The van der Waals surface area contributed by atoms with E-state index in [1.165, 1.54) is 5.56 Å². The Morgan fingerprint density at radius 2 is 2.06 bits per heavy atom. The minimum atomic E-state index is 0.148. The first-order valence-electron chi connectivity index (χ1n) is 5.72. The Hall–Kier alpha value is -1.41. The van der Waals surface area contributed by atoms with Gasteiger partial charge in [-0.25, -0.2) is 0 Å². The van der Waals surface area contributed by atoms with Crippen molar-refractivity contribution in [1.29, 1.82) is 0 Å². The molecule has 1 fully saturated rings. The maximum Gasteiger partial charge on any atom is 0.136 e.